The zero-order valence-corrected chi connectivity index (χ0v) is 9.57. The molecule has 0 saturated carbocycles. The maximum atomic E-state index is 11.4. The molecule has 0 aliphatic heterocycles. The Morgan fingerprint density at radius 2 is 2.11 bits per heavy atom. The zero-order chi connectivity index (χ0) is 13.7. The lowest BCUT2D eigenvalue weighted by atomic mass is 10.2. The van der Waals surface area contributed by atoms with E-state index >= 15 is 0 Å². The highest BCUT2D eigenvalue weighted by Gasteiger charge is 2.08. The van der Waals surface area contributed by atoms with Gasteiger partial charge in [-0.15, -0.1) is 0 Å². The van der Waals surface area contributed by atoms with Crippen molar-refractivity contribution in [2.45, 2.75) is 0 Å². The quantitative estimate of drug-likeness (QED) is 0.469. The molecule has 2 amide bonds. The predicted molar refractivity (Wildman–Crippen MR) is 66.6 cm³/mol. The van der Waals surface area contributed by atoms with Crippen molar-refractivity contribution in [3.05, 3.63) is 29.8 Å². The van der Waals surface area contributed by atoms with Crippen LogP contribution in [0.15, 0.2) is 34.0 Å². The number of nitrogens with one attached hydrogen (secondary N) is 2. The third-order valence-electron chi connectivity index (χ3n) is 2.02. The monoisotopic (exact) mass is 262 g/mol. The number of hydrogen-bond donors (Lipinski definition) is 4. The second-order valence-electron chi connectivity index (χ2n) is 3.41. The molecule has 9 nitrogen and oxygen atoms in total. The van der Waals surface area contributed by atoms with E-state index in [-0.39, 0.29) is 17.4 Å². The van der Waals surface area contributed by atoms with Crippen LogP contribution in [-0.2, 0) is 0 Å². The van der Waals surface area contributed by atoms with E-state index in [9.17, 15) is 4.79 Å². The van der Waals surface area contributed by atoms with E-state index in [4.69, 9.17) is 10.8 Å². The molecule has 5 N–H and O–H groups in total. The standard InChI is InChI=1S/C10H10N6O3/c11-8-9(16-19-15-8)13-10(18)14-12-5-6-1-3-7(17)4-2-6/h1-5,17H,(H2,11,15)(H2,13,14,16,18). The van der Waals surface area contributed by atoms with Crippen LogP contribution < -0.4 is 16.5 Å². The SMILES string of the molecule is Nc1nonc1NC(=O)NN=Cc1ccc(O)cc1. The number of carbonyl (C=O) groups excluding carboxylic acids is 1. The van der Waals surface area contributed by atoms with Crippen LogP contribution in [-0.4, -0.2) is 27.7 Å². The lowest BCUT2D eigenvalue weighted by molar-refractivity contribution is 0.252. The van der Waals surface area contributed by atoms with Gasteiger partial charge in [-0.2, -0.15) is 5.10 Å². The average molecular weight is 262 g/mol. The summed E-state index contributed by atoms with van der Waals surface area (Å²) >= 11 is 0. The van der Waals surface area contributed by atoms with Crippen LogP contribution in [0.25, 0.3) is 0 Å². The first-order valence-corrected chi connectivity index (χ1v) is 5.12. The Bertz CT molecular complexity index is 592. The highest BCUT2D eigenvalue weighted by atomic mass is 16.6. The first-order valence-electron chi connectivity index (χ1n) is 5.12. The number of hydrazone groups is 1. The Labute approximate surface area is 107 Å². The maximum absolute atomic E-state index is 11.4. The molecule has 0 saturated heterocycles. The average Bonchev–Trinajstić information content (AvgIpc) is 2.78. The summed E-state index contributed by atoms with van der Waals surface area (Å²) < 4.78 is 4.30. The summed E-state index contributed by atoms with van der Waals surface area (Å²) in [5.41, 5.74) is 8.26. The number of anilines is 2. The van der Waals surface area contributed by atoms with Gasteiger partial charge in [-0.3, -0.25) is 5.32 Å². The van der Waals surface area contributed by atoms with E-state index in [0.717, 1.165) is 0 Å². The van der Waals surface area contributed by atoms with Crippen LogP contribution in [0.1, 0.15) is 5.56 Å². The van der Waals surface area contributed by atoms with E-state index in [1.165, 1.54) is 18.3 Å². The summed E-state index contributed by atoms with van der Waals surface area (Å²) in [6.07, 6.45) is 1.41. The Balaban J connectivity index is 1.86. The molecule has 0 fully saturated rings. The van der Waals surface area contributed by atoms with E-state index in [1.807, 2.05) is 0 Å². The molecule has 0 aliphatic carbocycles. The number of hydrogen-bond acceptors (Lipinski definition) is 7. The molecule has 0 aliphatic rings. The van der Waals surface area contributed by atoms with Gasteiger partial charge in [-0.1, -0.05) is 0 Å². The summed E-state index contributed by atoms with van der Waals surface area (Å²) in [5, 5.41) is 21.7. The van der Waals surface area contributed by atoms with E-state index < -0.39 is 6.03 Å². The normalized spacial score (nSPS) is 10.5. The summed E-state index contributed by atoms with van der Waals surface area (Å²) in [6, 6.07) is 5.64. The number of nitrogens with two attached hydrogens (primary N) is 1. The number of phenolic OH excluding ortho intramolecular Hbond substituents is 1. The molecule has 0 unspecified atom stereocenters. The van der Waals surface area contributed by atoms with Crippen molar-refractivity contribution >= 4 is 23.9 Å². The molecule has 9 heteroatoms. The number of carbonyl (C=O) groups is 1. The van der Waals surface area contributed by atoms with Gasteiger partial charge in [0.15, 0.2) is 0 Å². The lowest BCUT2D eigenvalue weighted by Gasteiger charge is -1.99. The highest BCUT2D eigenvalue weighted by Crippen LogP contribution is 2.10. The summed E-state index contributed by atoms with van der Waals surface area (Å²) in [4.78, 5) is 11.4. The van der Waals surface area contributed by atoms with Crippen molar-refractivity contribution in [1.82, 2.24) is 15.7 Å². The molecule has 0 atom stereocenters. The number of rotatable bonds is 3. The summed E-state index contributed by atoms with van der Waals surface area (Å²) in [5.74, 6) is 0.131. The second kappa shape index (κ2) is 5.49. The van der Waals surface area contributed by atoms with Crippen LogP contribution in [0, 0.1) is 0 Å². The van der Waals surface area contributed by atoms with Crippen molar-refractivity contribution in [3.63, 3.8) is 0 Å². The van der Waals surface area contributed by atoms with Gasteiger partial charge in [0, 0.05) is 0 Å². The molecule has 0 spiro atoms. The second-order valence-corrected chi connectivity index (χ2v) is 3.41. The number of urea groups is 1. The van der Waals surface area contributed by atoms with E-state index in [2.05, 4.69) is 30.8 Å². The molecule has 2 rings (SSSR count). The molecule has 0 radical (unpaired) electrons. The van der Waals surface area contributed by atoms with Gasteiger partial charge >= 0.3 is 6.03 Å². The van der Waals surface area contributed by atoms with Crippen LogP contribution in [0.3, 0.4) is 0 Å². The number of phenols is 1. The third kappa shape index (κ3) is 3.43. The van der Waals surface area contributed by atoms with Gasteiger partial charge in [0.2, 0.25) is 11.6 Å². The van der Waals surface area contributed by atoms with Crippen molar-refractivity contribution < 1.29 is 14.5 Å². The summed E-state index contributed by atoms with van der Waals surface area (Å²) in [7, 11) is 0. The smallest absolute Gasteiger partial charge is 0.340 e. The van der Waals surface area contributed by atoms with Gasteiger partial charge in [-0.25, -0.2) is 14.8 Å². The highest BCUT2D eigenvalue weighted by molar-refractivity contribution is 5.91. The largest absolute Gasteiger partial charge is 0.508 e. The molecule has 2 aromatic rings. The molecular weight excluding hydrogens is 252 g/mol. The van der Waals surface area contributed by atoms with Crippen molar-refractivity contribution in [2.75, 3.05) is 11.1 Å². The van der Waals surface area contributed by atoms with Crippen LogP contribution in [0.4, 0.5) is 16.4 Å². The number of nitrogens with zero attached hydrogens (tertiary/aromatic N) is 3. The minimum absolute atomic E-state index is 0.0114. The molecule has 98 valence electrons. The molecule has 1 aromatic carbocycles. The first-order chi connectivity index (χ1) is 9.15. The van der Waals surface area contributed by atoms with Gasteiger partial charge in [0.1, 0.15) is 5.75 Å². The molecule has 1 heterocycles. The Hall–Kier alpha value is -3.10. The van der Waals surface area contributed by atoms with Crippen molar-refractivity contribution in [3.8, 4) is 5.75 Å². The van der Waals surface area contributed by atoms with Gasteiger partial charge in [0.05, 0.1) is 6.21 Å². The number of amides is 2. The van der Waals surface area contributed by atoms with E-state index in [1.54, 1.807) is 12.1 Å². The van der Waals surface area contributed by atoms with Crippen molar-refractivity contribution in [2.24, 2.45) is 5.10 Å². The lowest BCUT2D eigenvalue weighted by Crippen LogP contribution is -2.24. The molecule has 0 bridgehead atoms. The van der Waals surface area contributed by atoms with Gasteiger partial charge < -0.3 is 10.8 Å². The fourth-order valence-corrected chi connectivity index (χ4v) is 1.14. The predicted octanol–water partition coefficient (Wildman–Crippen LogP) is 0.513. The number of aromatic hydroxyl groups is 1. The molecule has 19 heavy (non-hydrogen) atoms. The van der Waals surface area contributed by atoms with Gasteiger partial charge in [-0.05, 0) is 40.1 Å². The fraction of sp³-hybridized carbons (Fsp3) is 0. The fourth-order valence-electron chi connectivity index (χ4n) is 1.14. The first kappa shape index (κ1) is 12.4. The van der Waals surface area contributed by atoms with Crippen LogP contribution >= 0.6 is 0 Å². The molecular formula is C10H10N6O3. The van der Waals surface area contributed by atoms with Crippen LogP contribution in [0.5, 0.6) is 5.75 Å². The van der Waals surface area contributed by atoms with Crippen molar-refractivity contribution in [1.29, 1.82) is 0 Å². The number of benzene rings is 1. The Kier molecular flexibility index (Phi) is 3.57. The van der Waals surface area contributed by atoms with Crippen LogP contribution in [0.2, 0.25) is 0 Å². The van der Waals surface area contributed by atoms with Gasteiger partial charge in [0.25, 0.3) is 0 Å². The third-order valence-corrected chi connectivity index (χ3v) is 2.02. The Morgan fingerprint density at radius 1 is 1.37 bits per heavy atom. The minimum Gasteiger partial charge on any atom is -0.508 e. The number of nitrogen functional groups attached to an aromatic ring is 1. The summed E-state index contributed by atoms with van der Waals surface area (Å²) in [6.45, 7) is 0. The number of aromatic nitrogens is 2. The van der Waals surface area contributed by atoms with E-state index in [0.29, 0.717) is 5.56 Å². The minimum atomic E-state index is -0.641. The Morgan fingerprint density at radius 3 is 2.74 bits per heavy atom. The zero-order valence-electron chi connectivity index (χ0n) is 9.57. The topological polar surface area (TPSA) is 139 Å². The maximum Gasteiger partial charge on any atom is 0.340 e. The molecule has 1 aromatic heterocycles.